The first-order valence-electron chi connectivity index (χ1n) is 5.69. The van der Waals surface area contributed by atoms with Crippen molar-refractivity contribution in [1.82, 2.24) is 5.32 Å². The third kappa shape index (κ3) is 4.00. The highest BCUT2D eigenvalue weighted by atomic mass is 35.5. The van der Waals surface area contributed by atoms with Crippen LogP contribution in [0.5, 0.6) is 5.75 Å². The summed E-state index contributed by atoms with van der Waals surface area (Å²) >= 11 is 7.77. The van der Waals surface area contributed by atoms with Gasteiger partial charge in [0.25, 0.3) is 0 Å². The summed E-state index contributed by atoms with van der Waals surface area (Å²) in [7, 11) is 0. The van der Waals surface area contributed by atoms with Crippen LogP contribution in [0.3, 0.4) is 0 Å². The summed E-state index contributed by atoms with van der Waals surface area (Å²) in [6, 6.07) is 5.13. The Kier molecular flexibility index (Phi) is 5.09. The van der Waals surface area contributed by atoms with E-state index in [4.69, 9.17) is 11.6 Å². The number of thioether (sulfide) groups is 1. The first kappa shape index (κ1) is 13.9. The number of rotatable bonds is 5. The van der Waals surface area contributed by atoms with Crippen LogP contribution in [0.2, 0.25) is 5.02 Å². The summed E-state index contributed by atoms with van der Waals surface area (Å²) < 4.78 is 29.0. The molecule has 1 aromatic rings. The Balaban J connectivity index is 2.01. The molecule has 2 rings (SSSR count). The predicted octanol–water partition coefficient (Wildman–Crippen LogP) is 3.54. The van der Waals surface area contributed by atoms with E-state index in [1.165, 1.54) is 6.07 Å². The molecule has 1 atom stereocenters. The Bertz CT molecular complexity index is 400. The van der Waals surface area contributed by atoms with Crippen molar-refractivity contribution in [2.75, 3.05) is 11.5 Å². The monoisotopic (exact) mass is 293 g/mol. The van der Waals surface area contributed by atoms with Gasteiger partial charge in [0.2, 0.25) is 0 Å². The van der Waals surface area contributed by atoms with Gasteiger partial charge in [-0.3, -0.25) is 0 Å². The van der Waals surface area contributed by atoms with Gasteiger partial charge < -0.3 is 10.1 Å². The van der Waals surface area contributed by atoms with Crippen LogP contribution >= 0.6 is 23.4 Å². The zero-order valence-electron chi connectivity index (χ0n) is 9.67. The first-order chi connectivity index (χ1) is 8.65. The third-order valence-corrected chi connectivity index (χ3v) is 4.15. The molecule has 100 valence electrons. The largest absolute Gasteiger partial charge is 0.434 e. The lowest BCUT2D eigenvalue weighted by atomic mass is 10.2. The highest BCUT2D eigenvalue weighted by Gasteiger charge is 2.16. The smallest absolute Gasteiger partial charge is 0.387 e. The van der Waals surface area contributed by atoms with E-state index in [0.717, 1.165) is 17.9 Å². The maximum absolute atomic E-state index is 12.3. The number of hydrogen-bond donors (Lipinski definition) is 1. The van der Waals surface area contributed by atoms with Gasteiger partial charge in [0.1, 0.15) is 5.75 Å². The molecule has 0 aromatic heterocycles. The first-order valence-corrected chi connectivity index (χ1v) is 7.23. The minimum Gasteiger partial charge on any atom is -0.434 e. The molecule has 0 radical (unpaired) electrons. The van der Waals surface area contributed by atoms with Crippen molar-refractivity contribution in [2.45, 2.75) is 25.6 Å². The predicted molar refractivity (Wildman–Crippen MR) is 70.7 cm³/mol. The van der Waals surface area contributed by atoms with Crippen molar-refractivity contribution in [3.05, 3.63) is 28.8 Å². The van der Waals surface area contributed by atoms with Crippen LogP contribution in [0, 0.1) is 0 Å². The molecule has 6 heteroatoms. The van der Waals surface area contributed by atoms with Gasteiger partial charge in [0, 0.05) is 28.9 Å². The van der Waals surface area contributed by atoms with Crippen LogP contribution in [0.1, 0.15) is 12.0 Å². The number of nitrogens with one attached hydrogen (secondary N) is 1. The van der Waals surface area contributed by atoms with Crippen LogP contribution < -0.4 is 10.1 Å². The zero-order chi connectivity index (χ0) is 13.0. The summed E-state index contributed by atoms with van der Waals surface area (Å²) in [6.45, 7) is -2.32. The number of hydrogen-bond acceptors (Lipinski definition) is 3. The van der Waals surface area contributed by atoms with Gasteiger partial charge in [-0.05, 0) is 30.4 Å². The van der Waals surface area contributed by atoms with E-state index < -0.39 is 6.61 Å². The van der Waals surface area contributed by atoms with E-state index in [1.54, 1.807) is 12.1 Å². The fourth-order valence-electron chi connectivity index (χ4n) is 1.85. The van der Waals surface area contributed by atoms with E-state index in [-0.39, 0.29) is 5.75 Å². The Morgan fingerprint density at radius 1 is 1.50 bits per heavy atom. The Hall–Kier alpha value is -0.520. The summed E-state index contributed by atoms with van der Waals surface area (Å²) in [5, 5.41) is 3.86. The van der Waals surface area contributed by atoms with Crippen LogP contribution in [-0.4, -0.2) is 24.2 Å². The number of benzene rings is 1. The highest BCUT2D eigenvalue weighted by Crippen LogP contribution is 2.25. The molecule has 1 aromatic carbocycles. The number of halogens is 3. The maximum atomic E-state index is 12.3. The standard InChI is InChI=1S/C12H14ClF2NOS/c13-9-1-2-11(17-12(14)15)8(5-9)6-16-10-3-4-18-7-10/h1-2,5,10,12,16H,3-4,6-7H2. The zero-order valence-corrected chi connectivity index (χ0v) is 11.2. The summed E-state index contributed by atoms with van der Waals surface area (Å²) in [5.41, 5.74) is 0.666. The van der Waals surface area contributed by atoms with Crippen LogP contribution in [0.4, 0.5) is 8.78 Å². The number of alkyl halides is 2. The molecule has 0 bridgehead atoms. The van der Waals surface area contributed by atoms with Crippen molar-refractivity contribution < 1.29 is 13.5 Å². The second-order valence-electron chi connectivity index (χ2n) is 4.07. The van der Waals surface area contributed by atoms with Gasteiger partial charge in [-0.15, -0.1) is 0 Å². The Labute approximate surface area is 114 Å². The number of ether oxygens (including phenoxy) is 1. The van der Waals surface area contributed by atoms with Crippen molar-refractivity contribution in [1.29, 1.82) is 0 Å². The van der Waals surface area contributed by atoms with Gasteiger partial charge >= 0.3 is 6.61 Å². The molecule has 0 amide bonds. The van der Waals surface area contributed by atoms with Gasteiger partial charge in [-0.2, -0.15) is 20.5 Å². The lowest BCUT2D eigenvalue weighted by Crippen LogP contribution is -2.28. The van der Waals surface area contributed by atoms with Crippen LogP contribution in [0.25, 0.3) is 0 Å². The fraction of sp³-hybridized carbons (Fsp3) is 0.500. The van der Waals surface area contributed by atoms with E-state index in [0.29, 0.717) is 23.2 Å². The summed E-state index contributed by atoms with van der Waals surface area (Å²) in [4.78, 5) is 0. The van der Waals surface area contributed by atoms with Gasteiger partial charge in [0.05, 0.1) is 0 Å². The van der Waals surface area contributed by atoms with Gasteiger partial charge in [0.15, 0.2) is 0 Å². The maximum Gasteiger partial charge on any atom is 0.387 e. The second-order valence-corrected chi connectivity index (χ2v) is 5.66. The molecule has 1 aliphatic rings. The molecule has 1 aliphatic heterocycles. The average Bonchev–Trinajstić information content (AvgIpc) is 2.82. The molecular formula is C12H14ClF2NOS. The SMILES string of the molecule is FC(F)Oc1ccc(Cl)cc1CNC1CCSC1. The quantitative estimate of drug-likeness (QED) is 0.897. The normalized spacial score (nSPS) is 19.4. The van der Waals surface area contributed by atoms with Crippen molar-refractivity contribution in [3.8, 4) is 5.75 Å². The molecule has 18 heavy (non-hydrogen) atoms. The molecule has 0 aliphatic carbocycles. The van der Waals surface area contributed by atoms with E-state index in [9.17, 15) is 8.78 Å². The van der Waals surface area contributed by atoms with Crippen molar-refractivity contribution in [3.63, 3.8) is 0 Å². The van der Waals surface area contributed by atoms with E-state index >= 15 is 0 Å². The van der Waals surface area contributed by atoms with Crippen LogP contribution in [0.15, 0.2) is 18.2 Å². The molecular weight excluding hydrogens is 280 g/mol. The topological polar surface area (TPSA) is 21.3 Å². The molecule has 1 heterocycles. The second kappa shape index (κ2) is 6.59. The van der Waals surface area contributed by atoms with Crippen LogP contribution in [-0.2, 0) is 6.54 Å². The lowest BCUT2D eigenvalue weighted by molar-refractivity contribution is -0.0505. The van der Waals surface area contributed by atoms with Gasteiger partial charge in [-0.1, -0.05) is 11.6 Å². The van der Waals surface area contributed by atoms with Crippen molar-refractivity contribution in [2.24, 2.45) is 0 Å². The molecule has 0 saturated carbocycles. The Morgan fingerprint density at radius 3 is 3.00 bits per heavy atom. The minimum absolute atomic E-state index is 0.188. The minimum atomic E-state index is -2.81. The highest BCUT2D eigenvalue weighted by molar-refractivity contribution is 7.99. The molecule has 0 spiro atoms. The average molecular weight is 294 g/mol. The third-order valence-electron chi connectivity index (χ3n) is 2.75. The molecule has 1 unspecified atom stereocenters. The lowest BCUT2D eigenvalue weighted by Gasteiger charge is -2.14. The van der Waals surface area contributed by atoms with Crippen molar-refractivity contribution >= 4 is 23.4 Å². The van der Waals surface area contributed by atoms with E-state index in [2.05, 4.69) is 10.1 Å². The fourth-order valence-corrected chi connectivity index (χ4v) is 3.23. The molecule has 2 nitrogen and oxygen atoms in total. The Morgan fingerprint density at radius 2 is 2.33 bits per heavy atom. The summed E-state index contributed by atoms with van der Waals surface area (Å²) in [5.74, 6) is 2.40. The van der Waals surface area contributed by atoms with Gasteiger partial charge in [-0.25, -0.2) is 0 Å². The molecule has 1 saturated heterocycles. The molecule has 1 N–H and O–H groups in total. The van der Waals surface area contributed by atoms with E-state index in [1.807, 2.05) is 11.8 Å². The molecule has 1 fully saturated rings. The summed E-state index contributed by atoms with van der Waals surface area (Å²) in [6.07, 6.45) is 1.11.